The summed E-state index contributed by atoms with van der Waals surface area (Å²) in [4.78, 5) is 14.0. The number of nitrogens with one attached hydrogen (secondary N) is 1. The number of hydrogen-bond donors (Lipinski definition) is 1. The van der Waals surface area contributed by atoms with Gasteiger partial charge in [-0.25, -0.2) is 0 Å². The van der Waals surface area contributed by atoms with E-state index in [-0.39, 0.29) is 17.9 Å². The monoisotopic (exact) mass is 278 g/mol. The Bertz CT molecular complexity index is 415. The number of benzene rings is 1. The van der Waals surface area contributed by atoms with Gasteiger partial charge in [0, 0.05) is 12.5 Å². The zero-order valence-corrected chi connectivity index (χ0v) is 13.1. The lowest BCUT2D eigenvalue weighted by molar-refractivity contribution is -0.124. The van der Waals surface area contributed by atoms with E-state index in [2.05, 4.69) is 10.2 Å². The molecule has 2 atom stereocenters. The van der Waals surface area contributed by atoms with Crippen LogP contribution in [0.3, 0.4) is 0 Å². The molecule has 1 amide bonds. The first-order valence-corrected chi connectivity index (χ1v) is 7.07. The van der Waals surface area contributed by atoms with Gasteiger partial charge >= 0.3 is 0 Å². The zero-order valence-electron chi connectivity index (χ0n) is 13.1. The lowest BCUT2D eigenvalue weighted by atomic mass is 10.0. The SMILES string of the molecule is CCC(C)C(=O)NCC(c1ccc(OC)cc1)N(C)C. The zero-order chi connectivity index (χ0) is 15.1. The molecule has 0 saturated carbocycles. The van der Waals surface area contributed by atoms with Crippen molar-refractivity contribution >= 4 is 5.91 Å². The molecular weight excluding hydrogens is 252 g/mol. The molecule has 0 aliphatic rings. The topological polar surface area (TPSA) is 41.6 Å². The highest BCUT2D eigenvalue weighted by Gasteiger charge is 2.17. The van der Waals surface area contributed by atoms with Crippen LogP contribution in [0.25, 0.3) is 0 Å². The Balaban J connectivity index is 2.71. The highest BCUT2D eigenvalue weighted by atomic mass is 16.5. The predicted molar refractivity (Wildman–Crippen MR) is 81.9 cm³/mol. The molecule has 1 N–H and O–H groups in total. The Morgan fingerprint density at radius 1 is 1.30 bits per heavy atom. The summed E-state index contributed by atoms with van der Waals surface area (Å²) in [6.07, 6.45) is 0.862. The summed E-state index contributed by atoms with van der Waals surface area (Å²) in [5.74, 6) is 1.02. The molecule has 4 nitrogen and oxygen atoms in total. The summed E-state index contributed by atoms with van der Waals surface area (Å²) < 4.78 is 5.17. The quantitative estimate of drug-likeness (QED) is 0.833. The standard InChI is InChI=1S/C16H26N2O2/c1-6-12(2)16(19)17-11-15(18(3)4)13-7-9-14(20-5)10-8-13/h7-10,12,15H,6,11H2,1-5H3,(H,17,19). The molecule has 0 aliphatic heterocycles. The maximum absolute atomic E-state index is 11.9. The minimum Gasteiger partial charge on any atom is -0.497 e. The first-order valence-electron chi connectivity index (χ1n) is 7.07. The second-order valence-corrected chi connectivity index (χ2v) is 5.31. The molecule has 0 fully saturated rings. The fraction of sp³-hybridized carbons (Fsp3) is 0.562. The number of likely N-dealkylation sites (N-methyl/N-ethyl adjacent to an activating group) is 1. The van der Waals surface area contributed by atoms with Gasteiger partial charge in [-0.3, -0.25) is 4.79 Å². The molecule has 20 heavy (non-hydrogen) atoms. The lowest BCUT2D eigenvalue weighted by Crippen LogP contribution is -2.36. The van der Waals surface area contributed by atoms with Crippen LogP contribution in [0.5, 0.6) is 5.75 Å². The van der Waals surface area contributed by atoms with E-state index in [0.29, 0.717) is 6.54 Å². The molecule has 0 radical (unpaired) electrons. The van der Waals surface area contributed by atoms with Crippen molar-refractivity contribution in [3.8, 4) is 5.75 Å². The predicted octanol–water partition coefficient (Wildman–Crippen LogP) is 2.46. The van der Waals surface area contributed by atoms with Crippen molar-refractivity contribution in [2.75, 3.05) is 27.7 Å². The van der Waals surface area contributed by atoms with Gasteiger partial charge in [0.2, 0.25) is 5.91 Å². The molecule has 2 unspecified atom stereocenters. The maximum Gasteiger partial charge on any atom is 0.222 e. The average molecular weight is 278 g/mol. The van der Waals surface area contributed by atoms with E-state index in [1.807, 2.05) is 52.2 Å². The van der Waals surface area contributed by atoms with Gasteiger partial charge in [0.1, 0.15) is 5.75 Å². The van der Waals surface area contributed by atoms with Crippen molar-refractivity contribution in [3.05, 3.63) is 29.8 Å². The maximum atomic E-state index is 11.9. The summed E-state index contributed by atoms with van der Waals surface area (Å²) in [5.41, 5.74) is 1.17. The minimum atomic E-state index is 0.0636. The van der Waals surface area contributed by atoms with Crippen molar-refractivity contribution in [2.24, 2.45) is 5.92 Å². The van der Waals surface area contributed by atoms with Crippen LogP contribution >= 0.6 is 0 Å². The molecule has 0 aliphatic carbocycles. The molecule has 112 valence electrons. The van der Waals surface area contributed by atoms with Gasteiger partial charge < -0.3 is 15.0 Å². The van der Waals surface area contributed by atoms with E-state index >= 15 is 0 Å². The van der Waals surface area contributed by atoms with Crippen LogP contribution in [0.1, 0.15) is 31.9 Å². The van der Waals surface area contributed by atoms with Gasteiger partial charge in [0.15, 0.2) is 0 Å². The molecule has 1 aromatic rings. The minimum absolute atomic E-state index is 0.0636. The molecule has 0 aromatic heterocycles. The molecule has 0 bridgehead atoms. The van der Waals surface area contributed by atoms with E-state index in [4.69, 9.17) is 4.74 Å². The number of nitrogens with zero attached hydrogens (tertiary/aromatic N) is 1. The third-order valence-corrected chi connectivity index (χ3v) is 3.65. The van der Waals surface area contributed by atoms with Crippen molar-refractivity contribution in [2.45, 2.75) is 26.3 Å². The Hall–Kier alpha value is -1.55. The highest BCUT2D eigenvalue weighted by Crippen LogP contribution is 2.20. The fourth-order valence-electron chi connectivity index (χ4n) is 1.98. The van der Waals surface area contributed by atoms with Gasteiger partial charge in [-0.2, -0.15) is 0 Å². The van der Waals surface area contributed by atoms with Crippen LogP contribution in [-0.2, 0) is 4.79 Å². The Kier molecular flexibility index (Phi) is 6.52. The summed E-state index contributed by atoms with van der Waals surface area (Å²) >= 11 is 0. The number of carbonyl (C=O) groups is 1. The number of amides is 1. The van der Waals surface area contributed by atoms with Gasteiger partial charge in [0.05, 0.1) is 13.2 Å². The van der Waals surface area contributed by atoms with Crippen molar-refractivity contribution in [3.63, 3.8) is 0 Å². The lowest BCUT2D eigenvalue weighted by Gasteiger charge is -2.26. The number of ether oxygens (including phenoxy) is 1. The highest BCUT2D eigenvalue weighted by molar-refractivity contribution is 5.78. The molecular formula is C16H26N2O2. The van der Waals surface area contributed by atoms with Gasteiger partial charge in [-0.15, -0.1) is 0 Å². The van der Waals surface area contributed by atoms with E-state index < -0.39 is 0 Å². The molecule has 1 aromatic carbocycles. The van der Waals surface area contributed by atoms with Crippen LogP contribution in [0.4, 0.5) is 0 Å². The third-order valence-electron chi connectivity index (χ3n) is 3.65. The Morgan fingerprint density at radius 2 is 1.90 bits per heavy atom. The van der Waals surface area contributed by atoms with Crippen LogP contribution in [0.2, 0.25) is 0 Å². The number of hydrogen-bond acceptors (Lipinski definition) is 3. The van der Waals surface area contributed by atoms with Gasteiger partial charge in [-0.05, 0) is 38.2 Å². The van der Waals surface area contributed by atoms with Crippen molar-refractivity contribution in [1.82, 2.24) is 10.2 Å². The molecule has 0 heterocycles. The van der Waals surface area contributed by atoms with Crippen LogP contribution < -0.4 is 10.1 Å². The van der Waals surface area contributed by atoms with Crippen molar-refractivity contribution in [1.29, 1.82) is 0 Å². The van der Waals surface area contributed by atoms with Crippen LogP contribution in [0, 0.1) is 5.92 Å². The number of methoxy groups -OCH3 is 1. The van der Waals surface area contributed by atoms with Gasteiger partial charge in [0.25, 0.3) is 0 Å². The van der Waals surface area contributed by atoms with Crippen LogP contribution in [-0.4, -0.2) is 38.6 Å². The normalized spacial score (nSPS) is 13.9. The molecule has 0 saturated heterocycles. The van der Waals surface area contributed by atoms with Crippen LogP contribution in [0.15, 0.2) is 24.3 Å². The van der Waals surface area contributed by atoms with E-state index in [1.165, 1.54) is 5.56 Å². The van der Waals surface area contributed by atoms with E-state index in [9.17, 15) is 4.79 Å². The Labute approximate surface area is 122 Å². The molecule has 0 spiro atoms. The first-order chi connectivity index (χ1) is 9.49. The second-order valence-electron chi connectivity index (χ2n) is 5.31. The summed E-state index contributed by atoms with van der Waals surface area (Å²) in [6, 6.07) is 8.14. The third kappa shape index (κ3) is 4.53. The summed E-state index contributed by atoms with van der Waals surface area (Å²) in [7, 11) is 5.69. The smallest absolute Gasteiger partial charge is 0.222 e. The summed E-state index contributed by atoms with van der Waals surface area (Å²) in [5, 5.41) is 3.03. The number of rotatable bonds is 7. The second kappa shape index (κ2) is 7.90. The fourth-order valence-corrected chi connectivity index (χ4v) is 1.98. The molecule has 1 rings (SSSR count). The first kappa shape index (κ1) is 16.5. The van der Waals surface area contributed by atoms with E-state index in [1.54, 1.807) is 7.11 Å². The van der Waals surface area contributed by atoms with Gasteiger partial charge in [-0.1, -0.05) is 26.0 Å². The largest absolute Gasteiger partial charge is 0.497 e. The van der Waals surface area contributed by atoms with Crippen molar-refractivity contribution < 1.29 is 9.53 Å². The average Bonchev–Trinajstić information content (AvgIpc) is 2.46. The number of carbonyl (C=O) groups excluding carboxylic acids is 1. The molecule has 4 heteroatoms. The Morgan fingerprint density at radius 3 is 2.35 bits per heavy atom. The summed E-state index contributed by atoms with van der Waals surface area (Å²) in [6.45, 7) is 4.59. The van der Waals surface area contributed by atoms with E-state index in [0.717, 1.165) is 12.2 Å².